The Morgan fingerprint density at radius 2 is 2.23 bits per heavy atom. The number of pyridine rings is 1. The molecule has 0 atom stereocenters. The number of hydrogen-bond donors (Lipinski definition) is 1. The minimum absolute atomic E-state index is 0.542. The molecular formula is C6H4F2N2O3. The number of hydrogen-bond acceptors (Lipinski definition) is 4. The van der Waals surface area contributed by atoms with Gasteiger partial charge < -0.3 is 15.2 Å². The maximum atomic E-state index is 12.1. The summed E-state index contributed by atoms with van der Waals surface area (Å²) in [5, 5.41) is 18.9. The van der Waals surface area contributed by atoms with Crippen LogP contribution in [0, 0.1) is 10.1 Å². The third-order valence-electron chi connectivity index (χ3n) is 1.32. The van der Waals surface area contributed by atoms with E-state index in [1.165, 1.54) is 0 Å². The molecule has 0 radical (unpaired) electrons. The number of rotatable bonds is 2. The van der Waals surface area contributed by atoms with Crippen LogP contribution < -0.4 is 0 Å². The molecule has 7 heteroatoms. The number of halogens is 2. The van der Waals surface area contributed by atoms with Gasteiger partial charge in [-0.1, -0.05) is 0 Å². The Balaban J connectivity index is 3.19. The summed E-state index contributed by atoms with van der Waals surface area (Å²) in [6.07, 6.45) is -2.33. The largest absolute Gasteiger partial charge is 0.504 e. The maximum Gasteiger partial charge on any atom is 0.364 e. The molecule has 1 aromatic heterocycles. The van der Waals surface area contributed by atoms with Crippen LogP contribution in [0.4, 0.5) is 14.6 Å². The van der Waals surface area contributed by atoms with Gasteiger partial charge in [0.05, 0.1) is 5.56 Å². The normalized spacial score (nSPS) is 10.4. The van der Waals surface area contributed by atoms with Crippen molar-refractivity contribution in [3.8, 4) is 5.75 Å². The van der Waals surface area contributed by atoms with Gasteiger partial charge in [0.2, 0.25) is 0 Å². The molecule has 1 heterocycles. The summed E-state index contributed by atoms with van der Waals surface area (Å²) in [6, 6.07) is 0.542. The first-order chi connectivity index (χ1) is 6.02. The van der Waals surface area contributed by atoms with E-state index in [2.05, 4.69) is 4.98 Å². The summed E-state index contributed by atoms with van der Waals surface area (Å²) in [6.45, 7) is 0. The van der Waals surface area contributed by atoms with Gasteiger partial charge >= 0.3 is 5.82 Å². The van der Waals surface area contributed by atoms with E-state index >= 15 is 0 Å². The molecule has 1 aromatic rings. The molecule has 0 bridgehead atoms. The summed E-state index contributed by atoms with van der Waals surface area (Å²) in [4.78, 5) is 12.3. The zero-order valence-corrected chi connectivity index (χ0v) is 6.15. The van der Waals surface area contributed by atoms with Gasteiger partial charge in [-0.2, -0.15) is 0 Å². The topological polar surface area (TPSA) is 76.3 Å². The van der Waals surface area contributed by atoms with Gasteiger partial charge in [0.1, 0.15) is 0 Å². The van der Waals surface area contributed by atoms with E-state index in [4.69, 9.17) is 5.11 Å². The van der Waals surface area contributed by atoms with E-state index in [9.17, 15) is 18.9 Å². The van der Waals surface area contributed by atoms with Crippen LogP contribution in [0.1, 0.15) is 12.0 Å². The van der Waals surface area contributed by atoms with Crippen LogP contribution in [0.5, 0.6) is 5.75 Å². The summed E-state index contributed by atoms with van der Waals surface area (Å²) in [5.41, 5.74) is -0.790. The molecule has 0 aliphatic heterocycles. The summed E-state index contributed by atoms with van der Waals surface area (Å²) in [5.74, 6) is -1.46. The zero-order valence-electron chi connectivity index (χ0n) is 6.15. The fourth-order valence-corrected chi connectivity index (χ4v) is 0.727. The van der Waals surface area contributed by atoms with Crippen LogP contribution in [-0.4, -0.2) is 15.0 Å². The Morgan fingerprint density at radius 3 is 2.69 bits per heavy atom. The van der Waals surface area contributed by atoms with Crippen LogP contribution in [0.25, 0.3) is 0 Å². The Bertz CT molecular complexity index is 343. The number of nitro groups is 1. The molecule has 0 saturated carbocycles. The molecular weight excluding hydrogens is 186 g/mol. The summed E-state index contributed by atoms with van der Waals surface area (Å²) < 4.78 is 24.1. The molecule has 0 fully saturated rings. The Morgan fingerprint density at radius 1 is 1.62 bits per heavy atom. The lowest BCUT2D eigenvalue weighted by Gasteiger charge is -2.00. The van der Waals surface area contributed by atoms with Crippen molar-refractivity contribution in [3.05, 3.63) is 27.9 Å². The first kappa shape index (κ1) is 9.30. The molecule has 1 rings (SSSR count). The molecule has 0 amide bonds. The predicted molar refractivity (Wildman–Crippen MR) is 37.5 cm³/mol. The van der Waals surface area contributed by atoms with E-state index < -0.39 is 28.5 Å². The number of nitrogens with zero attached hydrogens (tertiary/aromatic N) is 2. The smallest absolute Gasteiger partial charge is 0.364 e. The van der Waals surface area contributed by atoms with Crippen molar-refractivity contribution in [2.24, 2.45) is 0 Å². The lowest BCUT2D eigenvalue weighted by molar-refractivity contribution is -0.389. The minimum Gasteiger partial charge on any atom is -0.504 e. The van der Waals surface area contributed by atoms with Gasteiger partial charge in [-0.15, -0.1) is 0 Å². The SMILES string of the molecule is O=[N+]([O-])c1cc(C(F)F)c(O)cn1. The molecule has 0 aliphatic carbocycles. The molecule has 13 heavy (non-hydrogen) atoms. The van der Waals surface area contributed by atoms with Gasteiger partial charge in [0.15, 0.2) is 11.9 Å². The lowest BCUT2D eigenvalue weighted by Crippen LogP contribution is -1.94. The van der Waals surface area contributed by atoms with Crippen molar-refractivity contribution >= 4 is 5.82 Å². The molecule has 1 N–H and O–H groups in total. The average Bonchev–Trinajstić information content (AvgIpc) is 2.04. The summed E-state index contributed by atoms with van der Waals surface area (Å²) in [7, 11) is 0. The third kappa shape index (κ3) is 1.86. The average molecular weight is 190 g/mol. The molecule has 5 nitrogen and oxygen atoms in total. The van der Waals surface area contributed by atoms with Gasteiger partial charge in [-0.05, 0) is 9.91 Å². The first-order valence-corrected chi connectivity index (χ1v) is 3.14. The van der Waals surface area contributed by atoms with Crippen LogP contribution in [0.2, 0.25) is 0 Å². The van der Waals surface area contributed by atoms with E-state index in [0.29, 0.717) is 12.3 Å². The predicted octanol–water partition coefficient (Wildman–Crippen LogP) is 1.63. The first-order valence-electron chi connectivity index (χ1n) is 3.14. The number of aromatic hydroxyl groups is 1. The van der Waals surface area contributed by atoms with E-state index in [-0.39, 0.29) is 0 Å². The fourth-order valence-electron chi connectivity index (χ4n) is 0.727. The van der Waals surface area contributed by atoms with Crippen LogP contribution in [0.15, 0.2) is 12.3 Å². The van der Waals surface area contributed by atoms with Crippen molar-refractivity contribution in [2.75, 3.05) is 0 Å². The van der Waals surface area contributed by atoms with Crippen LogP contribution in [-0.2, 0) is 0 Å². The van der Waals surface area contributed by atoms with Gasteiger partial charge in [0.25, 0.3) is 6.43 Å². The highest BCUT2D eigenvalue weighted by molar-refractivity contribution is 5.37. The second-order valence-electron chi connectivity index (χ2n) is 2.16. The van der Waals surface area contributed by atoms with Crippen molar-refractivity contribution in [2.45, 2.75) is 6.43 Å². The molecule has 0 unspecified atom stereocenters. The second kappa shape index (κ2) is 3.30. The van der Waals surface area contributed by atoms with Gasteiger partial charge in [-0.25, -0.2) is 8.78 Å². The second-order valence-corrected chi connectivity index (χ2v) is 2.16. The third-order valence-corrected chi connectivity index (χ3v) is 1.32. The molecule has 0 aromatic carbocycles. The standard InChI is InChI=1S/C6H4F2N2O3/c7-6(8)3-1-5(10(12)13)9-2-4(3)11/h1-2,6,11H. The van der Waals surface area contributed by atoms with Crippen molar-refractivity contribution in [3.63, 3.8) is 0 Å². The molecule has 70 valence electrons. The maximum absolute atomic E-state index is 12.1. The van der Waals surface area contributed by atoms with E-state index in [0.717, 1.165) is 0 Å². The van der Waals surface area contributed by atoms with Crippen molar-refractivity contribution < 1.29 is 18.8 Å². The lowest BCUT2D eigenvalue weighted by atomic mass is 10.2. The van der Waals surface area contributed by atoms with Gasteiger partial charge in [0, 0.05) is 6.07 Å². The van der Waals surface area contributed by atoms with Gasteiger partial charge in [-0.3, -0.25) is 0 Å². The quantitative estimate of drug-likeness (QED) is 0.567. The fraction of sp³-hybridized carbons (Fsp3) is 0.167. The monoisotopic (exact) mass is 190 g/mol. The molecule has 0 saturated heterocycles. The van der Waals surface area contributed by atoms with Crippen molar-refractivity contribution in [1.29, 1.82) is 0 Å². The van der Waals surface area contributed by atoms with Crippen LogP contribution >= 0.6 is 0 Å². The molecule has 0 spiro atoms. The van der Waals surface area contributed by atoms with E-state index in [1.807, 2.05) is 0 Å². The zero-order chi connectivity index (χ0) is 10.0. The Kier molecular flexibility index (Phi) is 2.36. The van der Waals surface area contributed by atoms with E-state index in [1.54, 1.807) is 0 Å². The Labute approximate surface area is 70.8 Å². The highest BCUT2D eigenvalue weighted by Crippen LogP contribution is 2.29. The highest BCUT2D eigenvalue weighted by Gasteiger charge is 2.19. The molecule has 0 aliphatic rings. The highest BCUT2D eigenvalue weighted by atomic mass is 19.3. The Hall–Kier alpha value is -1.79. The number of aromatic nitrogens is 1. The summed E-state index contributed by atoms with van der Waals surface area (Å²) >= 11 is 0. The van der Waals surface area contributed by atoms with Crippen LogP contribution in [0.3, 0.4) is 0 Å². The van der Waals surface area contributed by atoms with Crippen molar-refractivity contribution in [1.82, 2.24) is 4.98 Å². The number of alkyl halides is 2. The minimum atomic E-state index is -2.96.